The lowest BCUT2D eigenvalue weighted by molar-refractivity contribution is -0.131. The molecule has 0 atom stereocenters. The van der Waals surface area contributed by atoms with Crippen molar-refractivity contribution in [2.24, 2.45) is 0 Å². The highest BCUT2D eigenvalue weighted by Gasteiger charge is 2.14. The Kier molecular flexibility index (Phi) is 3.85. The minimum absolute atomic E-state index is 0.0546. The van der Waals surface area contributed by atoms with Gasteiger partial charge in [-0.25, -0.2) is 14.5 Å². The third kappa shape index (κ3) is 3.35. The summed E-state index contributed by atoms with van der Waals surface area (Å²) < 4.78 is 1.20. The van der Waals surface area contributed by atoms with Gasteiger partial charge >= 0.3 is 5.97 Å². The van der Waals surface area contributed by atoms with Gasteiger partial charge in [-0.2, -0.15) is 0 Å². The molecule has 0 saturated carbocycles. The number of carboxylic acid groups (broad SMARTS) is 1. The zero-order valence-corrected chi connectivity index (χ0v) is 10.9. The van der Waals surface area contributed by atoms with E-state index in [2.05, 4.69) is 15.3 Å². The average Bonchev–Trinajstić information content (AvgIpc) is 2.99. The minimum Gasteiger partial charge on any atom is -0.476 e. The van der Waals surface area contributed by atoms with Crippen LogP contribution in [0.4, 0.5) is 0 Å². The first-order chi connectivity index (χ1) is 9.06. The van der Waals surface area contributed by atoms with E-state index in [0.29, 0.717) is 6.54 Å². The molecule has 0 aromatic carbocycles. The summed E-state index contributed by atoms with van der Waals surface area (Å²) in [5.74, 6) is -1.37. The Bertz CT molecular complexity index is 580. The van der Waals surface area contributed by atoms with Gasteiger partial charge in [-0.3, -0.25) is 4.79 Å². The molecule has 0 aliphatic rings. The molecule has 19 heavy (non-hydrogen) atoms. The van der Waals surface area contributed by atoms with E-state index in [9.17, 15) is 9.59 Å². The summed E-state index contributed by atoms with van der Waals surface area (Å²) in [4.78, 5) is 28.1. The SMILES string of the molecule is CN(Cc1cscn1)C(=O)Cn1cc(C(=O)O)nn1. The van der Waals surface area contributed by atoms with Crippen LogP contribution in [0.2, 0.25) is 0 Å². The average molecular weight is 281 g/mol. The number of carbonyl (C=O) groups excluding carboxylic acids is 1. The number of rotatable bonds is 5. The second-order valence-electron chi connectivity index (χ2n) is 3.84. The zero-order valence-electron chi connectivity index (χ0n) is 10.1. The lowest BCUT2D eigenvalue weighted by atomic mass is 10.4. The van der Waals surface area contributed by atoms with E-state index in [1.165, 1.54) is 27.1 Å². The van der Waals surface area contributed by atoms with Gasteiger partial charge in [0.25, 0.3) is 0 Å². The number of carboxylic acids is 1. The molecule has 8 nitrogen and oxygen atoms in total. The molecule has 0 radical (unpaired) electrons. The van der Waals surface area contributed by atoms with Gasteiger partial charge in [-0.1, -0.05) is 5.21 Å². The molecule has 1 amide bonds. The molecule has 1 N–H and O–H groups in total. The number of hydrogen-bond acceptors (Lipinski definition) is 6. The number of aromatic nitrogens is 4. The van der Waals surface area contributed by atoms with Crippen molar-refractivity contribution in [3.8, 4) is 0 Å². The molecular formula is C10H11N5O3S. The standard InChI is InChI=1S/C10H11N5O3S/c1-14(2-7-5-19-6-11-7)9(16)4-15-3-8(10(17)18)12-13-15/h3,5-6H,2,4H2,1H3,(H,17,18). The number of aromatic carboxylic acids is 1. The van der Waals surface area contributed by atoms with Crippen LogP contribution in [0.3, 0.4) is 0 Å². The molecule has 0 aliphatic heterocycles. The normalized spacial score (nSPS) is 10.4. The van der Waals surface area contributed by atoms with Crippen LogP contribution in [0.1, 0.15) is 16.2 Å². The molecular weight excluding hydrogens is 270 g/mol. The molecule has 2 rings (SSSR count). The lowest BCUT2D eigenvalue weighted by Crippen LogP contribution is -2.30. The Morgan fingerprint density at radius 2 is 2.32 bits per heavy atom. The molecule has 2 aromatic rings. The van der Waals surface area contributed by atoms with E-state index in [1.807, 2.05) is 5.38 Å². The number of carbonyl (C=O) groups is 2. The smallest absolute Gasteiger partial charge is 0.358 e. The van der Waals surface area contributed by atoms with Crippen LogP contribution >= 0.6 is 11.3 Å². The van der Waals surface area contributed by atoms with E-state index in [4.69, 9.17) is 5.11 Å². The number of hydrogen-bond donors (Lipinski definition) is 1. The molecule has 2 heterocycles. The molecule has 0 saturated heterocycles. The van der Waals surface area contributed by atoms with E-state index < -0.39 is 5.97 Å². The van der Waals surface area contributed by atoms with Gasteiger partial charge in [0.2, 0.25) is 5.91 Å². The van der Waals surface area contributed by atoms with E-state index >= 15 is 0 Å². The molecule has 0 fully saturated rings. The first-order valence-corrected chi connectivity index (χ1v) is 6.25. The Morgan fingerprint density at radius 3 is 2.89 bits per heavy atom. The molecule has 100 valence electrons. The van der Waals surface area contributed by atoms with Crippen LogP contribution in [-0.4, -0.2) is 48.9 Å². The number of thiazole rings is 1. The van der Waals surface area contributed by atoms with Crippen LogP contribution in [0.15, 0.2) is 17.1 Å². The Hall–Kier alpha value is -2.29. The third-order valence-electron chi connectivity index (χ3n) is 2.36. The van der Waals surface area contributed by atoms with Gasteiger partial charge < -0.3 is 10.0 Å². The molecule has 0 unspecified atom stereocenters. The summed E-state index contributed by atoms with van der Waals surface area (Å²) in [6, 6.07) is 0. The first-order valence-electron chi connectivity index (χ1n) is 5.30. The predicted molar refractivity (Wildman–Crippen MR) is 65.6 cm³/mol. The van der Waals surface area contributed by atoms with Crippen molar-refractivity contribution < 1.29 is 14.7 Å². The quantitative estimate of drug-likeness (QED) is 0.833. The van der Waals surface area contributed by atoms with Crippen molar-refractivity contribution in [3.63, 3.8) is 0 Å². The topological polar surface area (TPSA) is 101 Å². The third-order valence-corrected chi connectivity index (χ3v) is 3.00. The highest BCUT2D eigenvalue weighted by molar-refractivity contribution is 7.07. The summed E-state index contributed by atoms with van der Waals surface area (Å²) in [6.45, 7) is 0.351. The number of nitrogens with zero attached hydrogens (tertiary/aromatic N) is 5. The first kappa shape index (κ1) is 13.1. The van der Waals surface area contributed by atoms with E-state index in [-0.39, 0.29) is 18.1 Å². The maximum Gasteiger partial charge on any atom is 0.358 e. The fourth-order valence-corrected chi connectivity index (χ4v) is 1.93. The summed E-state index contributed by atoms with van der Waals surface area (Å²) in [7, 11) is 1.65. The Balaban J connectivity index is 1.94. The van der Waals surface area contributed by atoms with Crippen LogP contribution in [0.25, 0.3) is 0 Å². The van der Waals surface area contributed by atoms with Gasteiger partial charge in [0.15, 0.2) is 5.69 Å². The van der Waals surface area contributed by atoms with Crippen molar-refractivity contribution in [1.29, 1.82) is 0 Å². The minimum atomic E-state index is -1.17. The fraction of sp³-hybridized carbons (Fsp3) is 0.300. The van der Waals surface area contributed by atoms with Crippen LogP contribution < -0.4 is 0 Å². The predicted octanol–water partition coefficient (Wildman–Crippen LogP) is 0.0914. The van der Waals surface area contributed by atoms with Crippen molar-refractivity contribution in [1.82, 2.24) is 24.9 Å². The number of amides is 1. The molecule has 0 aliphatic carbocycles. The highest BCUT2D eigenvalue weighted by atomic mass is 32.1. The monoisotopic (exact) mass is 281 g/mol. The van der Waals surface area contributed by atoms with Crippen molar-refractivity contribution in [2.45, 2.75) is 13.1 Å². The second-order valence-corrected chi connectivity index (χ2v) is 4.55. The van der Waals surface area contributed by atoms with Gasteiger partial charge in [0, 0.05) is 12.4 Å². The molecule has 0 bridgehead atoms. The molecule has 0 spiro atoms. The summed E-state index contributed by atoms with van der Waals surface area (Å²) in [5, 5.41) is 17.6. The van der Waals surface area contributed by atoms with Gasteiger partial charge in [-0.05, 0) is 0 Å². The molecule has 2 aromatic heterocycles. The van der Waals surface area contributed by atoms with Gasteiger partial charge in [-0.15, -0.1) is 16.4 Å². The molecule has 9 heteroatoms. The Morgan fingerprint density at radius 1 is 1.53 bits per heavy atom. The number of likely N-dealkylation sites (N-methyl/N-ethyl adjacent to an activating group) is 1. The van der Waals surface area contributed by atoms with Crippen LogP contribution in [0.5, 0.6) is 0 Å². The largest absolute Gasteiger partial charge is 0.476 e. The van der Waals surface area contributed by atoms with Gasteiger partial charge in [0.05, 0.1) is 23.9 Å². The highest BCUT2D eigenvalue weighted by Crippen LogP contribution is 2.04. The van der Waals surface area contributed by atoms with Crippen molar-refractivity contribution in [3.05, 3.63) is 28.5 Å². The summed E-state index contributed by atoms with van der Waals surface area (Å²) >= 11 is 1.46. The maximum atomic E-state index is 11.9. The van der Waals surface area contributed by atoms with Crippen LogP contribution in [0, 0.1) is 0 Å². The fourth-order valence-electron chi connectivity index (χ4n) is 1.38. The van der Waals surface area contributed by atoms with Crippen molar-refractivity contribution >= 4 is 23.2 Å². The zero-order chi connectivity index (χ0) is 13.8. The van der Waals surface area contributed by atoms with Crippen molar-refractivity contribution in [2.75, 3.05) is 7.05 Å². The summed E-state index contributed by atoms with van der Waals surface area (Å²) in [6.07, 6.45) is 1.22. The van der Waals surface area contributed by atoms with E-state index in [1.54, 1.807) is 12.6 Å². The van der Waals surface area contributed by atoms with Gasteiger partial charge in [0.1, 0.15) is 6.54 Å². The maximum absolute atomic E-state index is 11.9. The lowest BCUT2D eigenvalue weighted by Gasteiger charge is -2.15. The second kappa shape index (κ2) is 5.57. The van der Waals surface area contributed by atoms with Crippen LogP contribution in [-0.2, 0) is 17.9 Å². The van der Waals surface area contributed by atoms with E-state index in [0.717, 1.165) is 5.69 Å². The Labute approximate surface area is 112 Å². The summed E-state index contributed by atoms with van der Waals surface area (Å²) in [5.41, 5.74) is 2.32.